The molecule has 1 N–H and O–H groups in total. The van der Waals surface area contributed by atoms with Crippen molar-refractivity contribution in [2.45, 2.75) is 6.92 Å². The Hall–Kier alpha value is -2.27. The second kappa shape index (κ2) is 7.50. The third-order valence-electron chi connectivity index (χ3n) is 2.89. The van der Waals surface area contributed by atoms with E-state index in [9.17, 15) is 9.18 Å². The van der Waals surface area contributed by atoms with Gasteiger partial charge in [-0.05, 0) is 42.9 Å². The van der Waals surface area contributed by atoms with Crippen LogP contribution in [0.4, 0.5) is 4.39 Å². The van der Waals surface area contributed by atoms with E-state index in [4.69, 9.17) is 4.74 Å². The monoisotopic (exact) mass is 288 g/mol. The third-order valence-corrected chi connectivity index (χ3v) is 2.89. The summed E-state index contributed by atoms with van der Waals surface area (Å²) in [6, 6.07) is 8.75. The number of ketones is 1. The predicted octanol–water partition coefficient (Wildman–Crippen LogP) is 2.44. The van der Waals surface area contributed by atoms with Gasteiger partial charge in [0.05, 0.1) is 5.56 Å². The van der Waals surface area contributed by atoms with E-state index in [1.807, 2.05) is 6.92 Å². The summed E-state index contributed by atoms with van der Waals surface area (Å²) in [7, 11) is 0. The molecule has 0 aliphatic heterocycles. The van der Waals surface area contributed by atoms with Crippen molar-refractivity contribution >= 4 is 5.78 Å². The van der Waals surface area contributed by atoms with E-state index in [1.54, 1.807) is 18.3 Å². The molecular formula is C16H17FN2O2. The number of carbonyl (C=O) groups excluding carboxylic acids is 1. The SMILES string of the molecule is CCNCCOc1ncccc1C(=O)c1ccc(F)cc1. The zero-order chi connectivity index (χ0) is 15.1. The number of halogens is 1. The first-order valence-corrected chi connectivity index (χ1v) is 6.81. The smallest absolute Gasteiger partial charge is 0.224 e. The molecule has 0 bridgehead atoms. The average Bonchev–Trinajstić information content (AvgIpc) is 2.52. The molecule has 0 saturated heterocycles. The van der Waals surface area contributed by atoms with Crippen LogP contribution < -0.4 is 10.1 Å². The predicted molar refractivity (Wildman–Crippen MR) is 78.1 cm³/mol. The molecule has 0 atom stereocenters. The fourth-order valence-electron chi connectivity index (χ4n) is 1.83. The fraction of sp³-hybridized carbons (Fsp3) is 0.250. The molecule has 2 rings (SSSR count). The first kappa shape index (κ1) is 15.1. The lowest BCUT2D eigenvalue weighted by Crippen LogP contribution is -2.21. The van der Waals surface area contributed by atoms with Crippen molar-refractivity contribution in [3.05, 3.63) is 59.5 Å². The van der Waals surface area contributed by atoms with Crippen molar-refractivity contribution in [3.63, 3.8) is 0 Å². The van der Waals surface area contributed by atoms with E-state index in [0.29, 0.717) is 30.2 Å². The number of ether oxygens (including phenoxy) is 1. The molecule has 1 aromatic heterocycles. The van der Waals surface area contributed by atoms with Crippen molar-refractivity contribution < 1.29 is 13.9 Å². The maximum atomic E-state index is 12.9. The maximum absolute atomic E-state index is 12.9. The molecule has 0 unspecified atom stereocenters. The Kier molecular flexibility index (Phi) is 5.40. The van der Waals surface area contributed by atoms with Gasteiger partial charge in [-0.2, -0.15) is 0 Å². The van der Waals surface area contributed by atoms with E-state index in [-0.39, 0.29) is 11.6 Å². The summed E-state index contributed by atoms with van der Waals surface area (Å²) in [4.78, 5) is 16.5. The standard InChI is InChI=1S/C16H17FN2O2/c1-2-18-10-11-21-16-14(4-3-9-19-16)15(20)12-5-7-13(17)8-6-12/h3-9,18H,2,10-11H2,1H3. The number of hydrogen-bond acceptors (Lipinski definition) is 4. The first-order chi connectivity index (χ1) is 10.2. The van der Waals surface area contributed by atoms with Crippen LogP contribution in [0.15, 0.2) is 42.6 Å². The van der Waals surface area contributed by atoms with Crippen molar-refractivity contribution in [3.8, 4) is 5.88 Å². The van der Waals surface area contributed by atoms with Crippen LogP contribution in [0.25, 0.3) is 0 Å². The number of nitrogens with one attached hydrogen (secondary N) is 1. The number of nitrogens with zero attached hydrogens (tertiary/aromatic N) is 1. The number of aromatic nitrogens is 1. The lowest BCUT2D eigenvalue weighted by molar-refractivity contribution is 0.103. The highest BCUT2D eigenvalue weighted by Crippen LogP contribution is 2.19. The highest BCUT2D eigenvalue weighted by Gasteiger charge is 2.15. The molecule has 0 aliphatic rings. The minimum Gasteiger partial charge on any atom is -0.476 e. The lowest BCUT2D eigenvalue weighted by atomic mass is 10.0. The molecule has 4 nitrogen and oxygen atoms in total. The average molecular weight is 288 g/mol. The minimum absolute atomic E-state index is 0.235. The van der Waals surface area contributed by atoms with Crippen LogP contribution in [0.2, 0.25) is 0 Å². The van der Waals surface area contributed by atoms with Crippen LogP contribution in [-0.4, -0.2) is 30.5 Å². The van der Waals surface area contributed by atoms with E-state index < -0.39 is 0 Å². The normalized spacial score (nSPS) is 10.4. The molecule has 1 aromatic carbocycles. The molecule has 0 aliphatic carbocycles. The number of pyridine rings is 1. The van der Waals surface area contributed by atoms with Gasteiger partial charge in [-0.15, -0.1) is 0 Å². The second-order valence-electron chi connectivity index (χ2n) is 4.39. The number of rotatable bonds is 7. The van der Waals surface area contributed by atoms with Crippen LogP contribution in [0, 0.1) is 5.82 Å². The Labute approximate surface area is 123 Å². The number of carbonyl (C=O) groups is 1. The van der Waals surface area contributed by atoms with Crippen molar-refractivity contribution in [2.75, 3.05) is 19.7 Å². The van der Waals surface area contributed by atoms with Gasteiger partial charge < -0.3 is 10.1 Å². The Morgan fingerprint density at radius 3 is 2.76 bits per heavy atom. The summed E-state index contributed by atoms with van der Waals surface area (Å²) in [6.07, 6.45) is 1.57. The van der Waals surface area contributed by atoms with Crippen molar-refractivity contribution in [1.82, 2.24) is 10.3 Å². The Bertz CT molecular complexity index is 599. The molecule has 2 aromatic rings. The van der Waals surface area contributed by atoms with Gasteiger partial charge in [0.2, 0.25) is 5.88 Å². The number of benzene rings is 1. The molecular weight excluding hydrogens is 271 g/mol. The van der Waals surface area contributed by atoms with E-state index >= 15 is 0 Å². The van der Waals surface area contributed by atoms with Gasteiger partial charge >= 0.3 is 0 Å². The van der Waals surface area contributed by atoms with E-state index in [1.165, 1.54) is 24.3 Å². The fourth-order valence-corrected chi connectivity index (χ4v) is 1.83. The topological polar surface area (TPSA) is 51.2 Å². The Balaban J connectivity index is 2.15. The van der Waals surface area contributed by atoms with E-state index in [2.05, 4.69) is 10.3 Å². The molecule has 5 heteroatoms. The molecule has 0 saturated carbocycles. The maximum Gasteiger partial charge on any atom is 0.224 e. The summed E-state index contributed by atoms with van der Waals surface area (Å²) in [5, 5.41) is 3.13. The van der Waals surface area contributed by atoms with Gasteiger partial charge in [-0.1, -0.05) is 6.92 Å². The van der Waals surface area contributed by atoms with Gasteiger partial charge in [-0.3, -0.25) is 4.79 Å². The van der Waals surface area contributed by atoms with Gasteiger partial charge in [-0.25, -0.2) is 9.37 Å². The van der Waals surface area contributed by atoms with Crippen molar-refractivity contribution in [2.24, 2.45) is 0 Å². The highest BCUT2D eigenvalue weighted by atomic mass is 19.1. The molecule has 21 heavy (non-hydrogen) atoms. The van der Waals surface area contributed by atoms with Crippen molar-refractivity contribution in [1.29, 1.82) is 0 Å². The molecule has 0 fully saturated rings. The van der Waals surface area contributed by atoms with Gasteiger partial charge in [0.15, 0.2) is 5.78 Å². The Morgan fingerprint density at radius 2 is 2.05 bits per heavy atom. The zero-order valence-electron chi connectivity index (χ0n) is 11.8. The van der Waals surface area contributed by atoms with E-state index in [0.717, 1.165) is 6.54 Å². The van der Waals surface area contributed by atoms with Crippen LogP contribution in [-0.2, 0) is 0 Å². The molecule has 0 amide bonds. The third kappa shape index (κ3) is 4.10. The summed E-state index contributed by atoms with van der Waals surface area (Å²) in [5.74, 6) is -0.314. The van der Waals surface area contributed by atoms with Crippen LogP contribution in [0.5, 0.6) is 5.88 Å². The largest absolute Gasteiger partial charge is 0.476 e. The summed E-state index contributed by atoms with van der Waals surface area (Å²) >= 11 is 0. The zero-order valence-corrected chi connectivity index (χ0v) is 11.8. The second-order valence-corrected chi connectivity index (χ2v) is 4.39. The molecule has 110 valence electrons. The van der Waals surface area contributed by atoms with Gasteiger partial charge in [0.25, 0.3) is 0 Å². The molecule has 0 radical (unpaired) electrons. The Morgan fingerprint density at radius 1 is 1.29 bits per heavy atom. The summed E-state index contributed by atoms with van der Waals surface area (Å²) in [5.41, 5.74) is 0.779. The number of likely N-dealkylation sites (N-methyl/N-ethyl adjacent to an activating group) is 1. The van der Waals surface area contributed by atoms with Gasteiger partial charge in [0, 0.05) is 18.3 Å². The van der Waals surface area contributed by atoms with Crippen LogP contribution >= 0.6 is 0 Å². The highest BCUT2D eigenvalue weighted by molar-refractivity contribution is 6.10. The lowest BCUT2D eigenvalue weighted by Gasteiger charge is -2.09. The van der Waals surface area contributed by atoms with Crippen LogP contribution in [0.3, 0.4) is 0 Å². The molecule has 0 spiro atoms. The first-order valence-electron chi connectivity index (χ1n) is 6.81. The summed E-state index contributed by atoms with van der Waals surface area (Å²) in [6.45, 7) is 3.96. The van der Waals surface area contributed by atoms with Gasteiger partial charge in [0.1, 0.15) is 12.4 Å². The quantitative estimate of drug-likeness (QED) is 0.628. The summed E-state index contributed by atoms with van der Waals surface area (Å²) < 4.78 is 18.5. The minimum atomic E-state index is -0.375. The van der Waals surface area contributed by atoms with Crippen LogP contribution in [0.1, 0.15) is 22.8 Å². The molecule has 1 heterocycles. The number of hydrogen-bond donors (Lipinski definition) is 1.